The normalized spacial score (nSPS) is 11.3. The molecule has 1 N–H and O–H groups in total. The molecule has 4 nitrogen and oxygen atoms in total. The molecule has 0 amide bonds. The van der Waals surface area contributed by atoms with E-state index in [0.29, 0.717) is 5.92 Å². The Morgan fingerprint density at radius 1 is 1.39 bits per heavy atom. The van der Waals surface area contributed by atoms with Crippen LogP contribution >= 0.6 is 0 Å². The van der Waals surface area contributed by atoms with Gasteiger partial charge in [0.1, 0.15) is 0 Å². The molecule has 0 saturated carbocycles. The van der Waals surface area contributed by atoms with Crippen molar-refractivity contribution in [3.8, 4) is 0 Å². The van der Waals surface area contributed by atoms with Gasteiger partial charge in [-0.1, -0.05) is 20.8 Å². The second-order valence-electron chi connectivity index (χ2n) is 5.05. The van der Waals surface area contributed by atoms with Crippen molar-refractivity contribution in [2.45, 2.75) is 46.7 Å². The maximum absolute atomic E-state index is 5.63. The SMILES string of the molecule is CCCNCc1cncn1CCOCCC(C)C. The van der Waals surface area contributed by atoms with Crippen LogP contribution in [0.1, 0.15) is 39.3 Å². The number of imidazole rings is 1. The van der Waals surface area contributed by atoms with E-state index in [2.05, 4.69) is 35.6 Å². The summed E-state index contributed by atoms with van der Waals surface area (Å²) in [6, 6.07) is 0. The Morgan fingerprint density at radius 2 is 2.22 bits per heavy atom. The van der Waals surface area contributed by atoms with Crippen LogP contribution < -0.4 is 5.32 Å². The van der Waals surface area contributed by atoms with E-state index in [-0.39, 0.29) is 0 Å². The third kappa shape index (κ3) is 6.17. The summed E-state index contributed by atoms with van der Waals surface area (Å²) in [5.74, 6) is 0.715. The summed E-state index contributed by atoms with van der Waals surface area (Å²) in [4.78, 5) is 4.20. The Morgan fingerprint density at radius 3 is 2.94 bits per heavy atom. The molecule has 18 heavy (non-hydrogen) atoms. The summed E-state index contributed by atoms with van der Waals surface area (Å²) in [6.07, 6.45) is 6.10. The minimum atomic E-state index is 0.715. The molecule has 0 aliphatic rings. The number of aromatic nitrogens is 2. The lowest BCUT2D eigenvalue weighted by Gasteiger charge is -2.10. The standard InChI is InChI=1S/C14H27N3O/c1-4-6-15-10-14-11-16-12-17(14)7-9-18-8-5-13(2)3/h11-13,15H,4-10H2,1-3H3. The van der Waals surface area contributed by atoms with E-state index >= 15 is 0 Å². The third-order valence-electron chi connectivity index (χ3n) is 2.85. The van der Waals surface area contributed by atoms with Crippen LogP contribution in [0, 0.1) is 5.92 Å². The van der Waals surface area contributed by atoms with Gasteiger partial charge >= 0.3 is 0 Å². The molecule has 0 bridgehead atoms. The van der Waals surface area contributed by atoms with Crippen LogP contribution in [0.5, 0.6) is 0 Å². The summed E-state index contributed by atoms with van der Waals surface area (Å²) in [7, 11) is 0. The fourth-order valence-electron chi connectivity index (χ4n) is 1.67. The first kappa shape index (κ1) is 15.2. The van der Waals surface area contributed by atoms with Gasteiger partial charge in [-0.25, -0.2) is 4.98 Å². The molecule has 104 valence electrons. The molecule has 0 fully saturated rings. The third-order valence-corrected chi connectivity index (χ3v) is 2.85. The van der Waals surface area contributed by atoms with E-state index in [4.69, 9.17) is 4.74 Å². The van der Waals surface area contributed by atoms with Gasteiger partial charge in [0, 0.05) is 25.9 Å². The second-order valence-corrected chi connectivity index (χ2v) is 5.05. The van der Waals surface area contributed by atoms with E-state index in [0.717, 1.165) is 45.7 Å². The summed E-state index contributed by atoms with van der Waals surface area (Å²) >= 11 is 0. The number of nitrogens with zero attached hydrogens (tertiary/aromatic N) is 2. The van der Waals surface area contributed by atoms with Gasteiger partial charge in [0.2, 0.25) is 0 Å². The molecule has 0 aliphatic carbocycles. The zero-order chi connectivity index (χ0) is 13.2. The minimum absolute atomic E-state index is 0.715. The summed E-state index contributed by atoms with van der Waals surface area (Å²) in [6.45, 7) is 11.1. The molecule has 1 aromatic heterocycles. The van der Waals surface area contributed by atoms with E-state index < -0.39 is 0 Å². The lowest BCUT2D eigenvalue weighted by molar-refractivity contribution is 0.115. The highest BCUT2D eigenvalue weighted by molar-refractivity contribution is 4.97. The van der Waals surface area contributed by atoms with Crippen molar-refractivity contribution in [1.82, 2.24) is 14.9 Å². The van der Waals surface area contributed by atoms with Gasteiger partial charge in [-0.3, -0.25) is 0 Å². The number of hydrogen-bond acceptors (Lipinski definition) is 3. The highest BCUT2D eigenvalue weighted by Crippen LogP contribution is 2.01. The maximum atomic E-state index is 5.63. The second kappa shape index (κ2) is 9.11. The zero-order valence-electron chi connectivity index (χ0n) is 12.0. The van der Waals surface area contributed by atoms with Crippen molar-refractivity contribution >= 4 is 0 Å². The number of ether oxygens (including phenoxy) is 1. The Bertz CT molecular complexity index is 310. The van der Waals surface area contributed by atoms with Crippen LogP contribution in [0.15, 0.2) is 12.5 Å². The van der Waals surface area contributed by atoms with Crippen LogP contribution in [-0.4, -0.2) is 29.3 Å². The lowest BCUT2D eigenvalue weighted by Crippen LogP contribution is -2.18. The van der Waals surface area contributed by atoms with Gasteiger partial charge in [-0.05, 0) is 25.3 Å². The van der Waals surface area contributed by atoms with E-state index in [1.807, 2.05) is 12.5 Å². The van der Waals surface area contributed by atoms with Crippen molar-refractivity contribution in [3.63, 3.8) is 0 Å². The summed E-state index contributed by atoms with van der Waals surface area (Å²) in [5, 5.41) is 3.39. The quantitative estimate of drug-likeness (QED) is 0.651. The zero-order valence-corrected chi connectivity index (χ0v) is 12.0. The molecule has 0 saturated heterocycles. The van der Waals surface area contributed by atoms with E-state index in [9.17, 15) is 0 Å². The minimum Gasteiger partial charge on any atom is -0.380 e. The van der Waals surface area contributed by atoms with Gasteiger partial charge in [0.05, 0.1) is 18.6 Å². The van der Waals surface area contributed by atoms with E-state index in [1.165, 1.54) is 5.69 Å². The van der Waals surface area contributed by atoms with Crippen molar-refractivity contribution in [3.05, 3.63) is 18.2 Å². The highest BCUT2D eigenvalue weighted by atomic mass is 16.5. The van der Waals surface area contributed by atoms with Gasteiger partial charge in [0.25, 0.3) is 0 Å². The molecule has 0 unspecified atom stereocenters. The molecular weight excluding hydrogens is 226 g/mol. The maximum Gasteiger partial charge on any atom is 0.0949 e. The molecule has 0 aliphatic heterocycles. The first-order valence-electron chi connectivity index (χ1n) is 7.01. The van der Waals surface area contributed by atoms with Crippen LogP contribution in [0.2, 0.25) is 0 Å². The molecule has 0 atom stereocenters. The molecule has 0 radical (unpaired) electrons. The smallest absolute Gasteiger partial charge is 0.0949 e. The monoisotopic (exact) mass is 253 g/mol. The number of rotatable bonds is 10. The van der Waals surface area contributed by atoms with Crippen molar-refractivity contribution in [2.24, 2.45) is 5.92 Å². The van der Waals surface area contributed by atoms with Crippen molar-refractivity contribution in [2.75, 3.05) is 19.8 Å². The Hall–Kier alpha value is -0.870. The van der Waals surface area contributed by atoms with Crippen molar-refractivity contribution < 1.29 is 4.74 Å². The summed E-state index contributed by atoms with van der Waals surface area (Å²) < 4.78 is 7.79. The fraction of sp³-hybridized carbons (Fsp3) is 0.786. The van der Waals surface area contributed by atoms with Crippen LogP contribution in [0.25, 0.3) is 0 Å². The summed E-state index contributed by atoms with van der Waals surface area (Å²) in [5.41, 5.74) is 1.23. The van der Waals surface area contributed by atoms with E-state index in [1.54, 1.807) is 0 Å². The van der Waals surface area contributed by atoms with Gasteiger partial charge < -0.3 is 14.6 Å². The van der Waals surface area contributed by atoms with Crippen LogP contribution in [0.4, 0.5) is 0 Å². The Kier molecular flexibility index (Phi) is 7.69. The Labute approximate surface area is 111 Å². The topological polar surface area (TPSA) is 39.1 Å². The lowest BCUT2D eigenvalue weighted by atomic mass is 10.1. The number of hydrogen-bond donors (Lipinski definition) is 1. The molecule has 1 heterocycles. The van der Waals surface area contributed by atoms with Gasteiger partial charge in [0.15, 0.2) is 0 Å². The number of nitrogens with one attached hydrogen (secondary N) is 1. The predicted molar refractivity (Wildman–Crippen MR) is 74.5 cm³/mol. The van der Waals surface area contributed by atoms with Crippen molar-refractivity contribution in [1.29, 1.82) is 0 Å². The fourth-order valence-corrected chi connectivity index (χ4v) is 1.67. The molecule has 4 heteroatoms. The van der Waals surface area contributed by atoms with Crippen LogP contribution in [0.3, 0.4) is 0 Å². The molecule has 1 rings (SSSR count). The van der Waals surface area contributed by atoms with Gasteiger partial charge in [-0.15, -0.1) is 0 Å². The average Bonchev–Trinajstić information content (AvgIpc) is 2.76. The van der Waals surface area contributed by atoms with Crippen LogP contribution in [-0.2, 0) is 17.8 Å². The average molecular weight is 253 g/mol. The molecule has 0 aromatic carbocycles. The van der Waals surface area contributed by atoms with Gasteiger partial charge in [-0.2, -0.15) is 0 Å². The molecular formula is C14H27N3O. The predicted octanol–water partition coefficient (Wildman–Crippen LogP) is 2.45. The largest absolute Gasteiger partial charge is 0.380 e. The molecule has 1 aromatic rings. The first-order chi connectivity index (χ1) is 8.74. The highest BCUT2D eigenvalue weighted by Gasteiger charge is 2.01. The molecule has 0 spiro atoms. The first-order valence-corrected chi connectivity index (χ1v) is 7.01. The Balaban J connectivity index is 2.19.